The number of benzene rings is 1. The van der Waals surface area contributed by atoms with Gasteiger partial charge in [0.15, 0.2) is 11.6 Å². The van der Waals surface area contributed by atoms with E-state index in [0.717, 1.165) is 12.5 Å². The van der Waals surface area contributed by atoms with Crippen molar-refractivity contribution in [3.63, 3.8) is 0 Å². The Morgan fingerprint density at radius 1 is 1.48 bits per heavy atom. The second-order valence-corrected chi connectivity index (χ2v) is 8.01. The Morgan fingerprint density at radius 2 is 2.22 bits per heavy atom. The lowest BCUT2D eigenvalue weighted by Gasteiger charge is -2.24. The highest BCUT2D eigenvalue weighted by Gasteiger charge is 2.26. The van der Waals surface area contributed by atoms with Crippen molar-refractivity contribution >= 4 is 10.0 Å². The third-order valence-electron chi connectivity index (χ3n) is 3.63. The van der Waals surface area contributed by atoms with Crippen LogP contribution in [0.15, 0.2) is 23.1 Å². The Kier molecular flexibility index (Phi) is 5.61. The summed E-state index contributed by atoms with van der Waals surface area (Å²) in [5, 5.41) is 0. The number of sulfonamides is 1. The molecule has 0 spiro atoms. The van der Waals surface area contributed by atoms with E-state index in [1.807, 2.05) is 0 Å². The van der Waals surface area contributed by atoms with Gasteiger partial charge in [-0.1, -0.05) is 0 Å². The van der Waals surface area contributed by atoms with Crippen molar-refractivity contribution in [1.82, 2.24) is 4.72 Å². The third kappa shape index (κ3) is 4.87. The lowest BCUT2D eigenvalue weighted by molar-refractivity contribution is 0.165. The van der Waals surface area contributed by atoms with Gasteiger partial charge in [-0.2, -0.15) is 0 Å². The van der Waals surface area contributed by atoms with Gasteiger partial charge in [-0.05, 0) is 38.5 Å². The normalized spacial score (nSPS) is 19.0. The number of rotatable bonds is 7. The molecule has 0 aromatic heterocycles. The van der Waals surface area contributed by atoms with Crippen LogP contribution in [0.4, 0.5) is 4.39 Å². The molecule has 1 unspecified atom stereocenters. The number of nitrogens with one attached hydrogen (secondary N) is 1. The maximum atomic E-state index is 14.1. The molecule has 1 aliphatic rings. The first-order valence-corrected chi connectivity index (χ1v) is 8.96. The minimum Gasteiger partial charge on any atom is -0.490 e. The van der Waals surface area contributed by atoms with E-state index in [-0.39, 0.29) is 23.1 Å². The van der Waals surface area contributed by atoms with Crippen molar-refractivity contribution in [2.75, 3.05) is 26.4 Å². The molecule has 23 heavy (non-hydrogen) atoms. The molecule has 0 saturated carbocycles. The van der Waals surface area contributed by atoms with Gasteiger partial charge in [0.25, 0.3) is 0 Å². The van der Waals surface area contributed by atoms with Gasteiger partial charge in [0.05, 0.1) is 18.1 Å². The zero-order valence-corrected chi connectivity index (χ0v) is 14.2. The van der Waals surface area contributed by atoms with E-state index in [4.69, 9.17) is 15.2 Å². The molecule has 0 aliphatic carbocycles. The van der Waals surface area contributed by atoms with E-state index >= 15 is 0 Å². The Bertz CT molecular complexity index is 643. The summed E-state index contributed by atoms with van der Waals surface area (Å²) in [6.45, 7) is 5.08. The van der Waals surface area contributed by atoms with Crippen LogP contribution in [-0.4, -0.2) is 40.3 Å². The largest absolute Gasteiger partial charge is 0.490 e. The van der Waals surface area contributed by atoms with Crippen LogP contribution in [0.2, 0.25) is 0 Å². The standard InChI is InChI=1S/C15H23FN2O4S/c1-15(2,10-17)18-23(19,20)12-3-4-14(13(16)7-12)22-9-11-5-6-21-8-11/h3-4,7,11,18H,5-6,8-10,17H2,1-2H3. The SMILES string of the molecule is CC(C)(CN)NS(=O)(=O)c1ccc(OCC2CCOC2)c(F)c1. The number of hydrogen-bond acceptors (Lipinski definition) is 5. The minimum absolute atomic E-state index is 0.0361. The van der Waals surface area contributed by atoms with Gasteiger partial charge in [0, 0.05) is 24.6 Å². The van der Waals surface area contributed by atoms with Crippen molar-refractivity contribution in [3.05, 3.63) is 24.0 Å². The van der Waals surface area contributed by atoms with E-state index < -0.39 is 21.4 Å². The molecule has 1 saturated heterocycles. The molecule has 1 aliphatic heterocycles. The molecule has 0 amide bonds. The van der Waals surface area contributed by atoms with Crippen molar-refractivity contribution in [2.24, 2.45) is 11.7 Å². The average Bonchev–Trinajstić information content (AvgIpc) is 2.98. The Morgan fingerprint density at radius 3 is 2.78 bits per heavy atom. The highest BCUT2D eigenvalue weighted by atomic mass is 32.2. The lowest BCUT2D eigenvalue weighted by Crippen LogP contribution is -2.48. The van der Waals surface area contributed by atoms with Gasteiger partial charge in [-0.25, -0.2) is 17.5 Å². The molecule has 2 rings (SSSR count). The summed E-state index contributed by atoms with van der Waals surface area (Å²) >= 11 is 0. The predicted octanol–water partition coefficient (Wildman–Crippen LogP) is 1.26. The number of ether oxygens (including phenoxy) is 2. The monoisotopic (exact) mass is 346 g/mol. The molecule has 1 fully saturated rings. The Balaban J connectivity index is 2.08. The van der Waals surface area contributed by atoms with Crippen LogP contribution < -0.4 is 15.2 Å². The molecule has 3 N–H and O–H groups in total. The molecule has 0 radical (unpaired) electrons. The van der Waals surface area contributed by atoms with E-state index in [1.54, 1.807) is 13.8 Å². The summed E-state index contributed by atoms with van der Waals surface area (Å²) in [4.78, 5) is -0.159. The number of hydrogen-bond donors (Lipinski definition) is 2. The van der Waals surface area contributed by atoms with E-state index in [1.165, 1.54) is 12.1 Å². The van der Waals surface area contributed by atoms with E-state index in [2.05, 4.69) is 4.72 Å². The van der Waals surface area contributed by atoms with Gasteiger partial charge >= 0.3 is 0 Å². The fourth-order valence-electron chi connectivity index (χ4n) is 2.15. The lowest BCUT2D eigenvalue weighted by atomic mass is 10.1. The van der Waals surface area contributed by atoms with Crippen molar-refractivity contribution in [2.45, 2.75) is 30.7 Å². The van der Waals surface area contributed by atoms with Gasteiger partial charge < -0.3 is 15.2 Å². The topological polar surface area (TPSA) is 90.7 Å². The fourth-order valence-corrected chi connectivity index (χ4v) is 3.59. The smallest absolute Gasteiger partial charge is 0.241 e. The molecule has 1 aromatic rings. The molecule has 0 bridgehead atoms. The van der Waals surface area contributed by atoms with Gasteiger partial charge in [0.1, 0.15) is 0 Å². The fraction of sp³-hybridized carbons (Fsp3) is 0.600. The maximum Gasteiger partial charge on any atom is 0.241 e. The summed E-state index contributed by atoms with van der Waals surface area (Å²) in [7, 11) is -3.85. The molecular weight excluding hydrogens is 323 g/mol. The number of halogens is 1. The van der Waals surface area contributed by atoms with Crippen molar-refractivity contribution in [3.8, 4) is 5.75 Å². The average molecular weight is 346 g/mol. The minimum atomic E-state index is -3.85. The molecular formula is C15H23FN2O4S. The zero-order valence-electron chi connectivity index (χ0n) is 13.3. The van der Waals surface area contributed by atoms with Crippen LogP contribution in [-0.2, 0) is 14.8 Å². The highest BCUT2D eigenvalue weighted by molar-refractivity contribution is 7.89. The molecule has 1 heterocycles. The first-order valence-electron chi connectivity index (χ1n) is 7.48. The quantitative estimate of drug-likeness (QED) is 0.776. The van der Waals surface area contributed by atoms with Gasteiger partial charge in [-0.15, -0.1) is 0 Å². The third-order valence-corrected chi connectivity index (χ3v) is 5.33. The van der Waals surface area contributed by atoms with E-state index in [9.17, 15) is 12.8 Å². The van der Waals surface area contributed by atoms with Crippen LogP contribution in [0.3, 0.4) is 0 Å². The van der Waals surface area contributed by atoms with Crippen molar-refractivity contribution in [1.29, 1.82) is 0 Å². The van der Waals surface area contributed by atoms with Crippen LogP contribution in [0, 0.1) is 11.7 Å². The molecule has 1 atom stereocenters. The number of nitrogens with two attached hydrogens (primary N) is 1. The Labute approximate surface area is 136 Å². The molecule has 8 heteroatoms. The first kappa shape index (κ1) is 18.1. The summed E-state index contributed by atoms with van der Waals surface area (Å²) in [5.74, 6) is -0.434. The van der Waals surface area contributed by atoms with Crippen LogP contribution in [0.25, 0.3) is 0 Å². The molecule has 6 nitrogen and oxygen atoms in total. The van der Waals surface area contributed by atoms with Gasteiger partial charge in [0.2, 0.25) is 10.0 Å². The summed E-state index contributed by atoms with van der Waals surface area (Å²) in [6, 6.07) is 3.60. The van der Waals surface area contributed by atoms with Crippen LogP contribution in [0.1, 0.15) is 20.3 Å². The summed E-state index contributed by atoms with van der Waals surface area (Å²) in [5.41, 5.74) is 4.70. The first-order chi connectivity index (χ1) is 10.7. The van der Waals surface area contributed by atoms with Crippen LogP contribution in [0.5, 0.6) is 5.75 Å². The summed E-state index contributed by atoms with van der Waals surface area (Å²) in [6.07, 6.45) is 0.881. The van der Waals surface area contributed by atoms with Crippen LogP contribution >= 0.6 is 0 Å². The predicted molar refractivity (Wildman–Crippen MR) is 84.3 cm³/mol. The Hall–Kier alpha value is -1.22. The highest BCUT2D eigenvalue weighted by Crippen LogP contribution is 2.23. The second kappa shape index (κ2) is 7.12. The maximum absolute atomic E-state index is 14.1. The zero-order chi connectivity index (χ0) is 17.1. The van der Waals surface area contributed by atoms with E-state index in [0.29, 0.717) is 19.8 Å². The van der Waals surface area contributed by atoms with Crippen molar-refractivity contribution < 1.29 is 22.3 Å². The summed E-state index contributed by atoms with van der Waals surface area (Å²) < 4.78 is 51.7. The molecule has 130 valence electrons. The second-order valence-electron chi connectivity index (χ2n) is 6.33. The molecule has 1 aromatic carbocycles. The van der Waals surface area contributed by atoms with Gasteiger partial charge in [-0.3, -0.25) is 0 Å².